The molecule has 1 aromatic heterocycles. The lowest BCUT2D eigenvalue weighted by atomic mass is 10.2. The number of hydrogen-bond donors (Lipinski definition) is 0. The second-order valence-corrected chi connectivity index (χ2v) is 4.13. The van der Waals surface area contributed by atoms with Crippen LogP contribution in [0.25, 0.3) is 5.69 Å². The van der Waals surface area contributed by atoms with Crippen LogP contribution in [-0.4, -0.2) is 23.2 Å². The van der Waals surface area contributed by atoms with Gasteiger partial charge in [-0.05, 0) is 18.2 Å². The maximum absolute atomic E-state index is 11.0. The number of hydrogen-bond acceptors (Lipinski definition) is 4. The summed E-state index contributed by atoms with van der Waals surface area (Å²) in [5.74, 6) is 0. The van der Waals surface area contributed by atoms with Gasteiger partial charge < -0.3 is 4.74 Å². The number of nitrogens with zero attached hydrogens (tertiary/aromatic N) is 3. The van der Waals surface area contributed by atoms with Crippen molar-refractivity contribution in [3.8, 4) is 11.8 Å². The molecule has 6 heteroatoms. The molecule has 1 heterocycles. The van der Waals surface area contributed by atoms with Crippen molar-refractivity contribution in [3.05, 3.63) is 46.2 Å². The van der Waals surface area contributed by atoms with Gasteiger partial charge in [-0.2, -0.15) is 10.4 Å². The Kier molecular flexibility index (Phi) is 3.95. The molecule has 0 fully saturated rings. The average Bonchev–Trinajstić information content (AvgIpc) is 2.75. The van der Waals surface area contributed by atoms with Crippen LogP contribution in [0.3, 0.4) is 0 Å². The van der Waals surface area contributed by atoms with Crippen molar-refractivity contribution in [2.24, 2.45) is 0 Å². The highest BCUT2D eigenvalue weighted by atomic mass is 35.5. The summed E-state index contributed by atoms with van der Waals surface area (Å²) in [7, 11) is 1.51. The van der Waals surface area contributed by atoms with Gasteiger partial charge in [0.25, 0.3) is 0 Å². The summed E-state index contributed by atoms with van der Waals surface area (Å²) < 4.78 is 6.39. The van der Waals surface area contributed by atoms with Crippen molar-refractivity contribution in [2.45, 2.75) is 6.61 Å². The standard InChI is InChI=1S/C13H10ClN3O2/c1-19-8-12-11(7-18)13(14)17(16-12)10-4-2-3-9(5-10)6-15/h2-5,7H,8H2,1H3. The molecule has 0 aliphatic rings. The molecule has 0 atom stereocenters. The molecule has 2 aromatic rings. The Bertz CT molecular complexity index is 658. The number of halogens is 1. The molecule has 1 aromatic carbocycles. The number of carbonyl (C=O) groups is 1. The highest BCUT2D eigenvalue weighted by Gasteiger charge is 2.16. The van der Waals surface area contributed by atoms with Gasteiger partial charge in [0.1, 0.15) is 10.8 Å². The van der Waals surface area contributed by atoms with Gasteiger partial charge in [0, 0.05) is 7.11 Å². The molecule has 0 saturated carbocycles. The third-order valence-corrected chi connectivity index (χ3v) is 2.92. The van der Waals surface area contributed by atoms with Crippen LogP contribution in [0.15, 0.2) is 24.3 Å². The number of aldehydes is 1. The summed E-state index contributed by atoms with van der Waals surface area (Å²) in [6.07, 6.45) is 0.647. The molecule has 0 N–H and O–H groups in total. The summed E-state index contributed by atoms with van der Waals surface area (Å²) in [4.78, 5) is 11.0. The Morgan fingerprint density at radius 3 is 3.00 bits per heavy atom. The van der Waals surface area contributed by atoms with Crippen LogP contribution in [0.1, 0.15) is 21.6 Å². The molecule has 0 spiro atoms. The van der Waals surface area contributed by atoms with E-state index in [0.717, 1.165) is 0 Å². The highest BCUT2D eigenvalue weighted by molar-refractivity contribution is 6.32. The Hall–Kier alpha value is -2.16. The number of ether oxygens (including phenoxy) is 1. The van der Waals surface area contributed by atoms with Crippen molar-refractivity contribution in [2.75, 3.05) is 7.11 Å². The molecular weight excluding hydrogens is 266 g/mol. The normalized spacial score (nSPS) is 10.2. The Morgan fingerprint density at radius 1 is 1.58 bits per heavy atom. The Balaban J connectivity index is 2.56. The summed E-state index contributed by atoms with van der Waals surface area (Å²) in [6, 6.07) is 8.84. The maximum Gasteiger partial charge on any atom is 0.155 e. The number of rotatable bonds is 4. The molecule has 0 amide bonds. The van der Waals surface area contributed by atoms with E-state index < -0.39 is 0 Å². The monoisotopic (exact) mass is 275 g/mol. The summed E-state index contributed by atoms with van der Waals surface area (Å²) in [5.41, 5.74) is 1.87. The predicted octanol–water partition coefficient (Wildman–Crippen LogP) is 2.36. The van der Waals surface area contributed by atoms with Crippen LogP contribution in [-0.2, 0) is 11.3 Å². The van der Waals surface area contributed by atoms with Crippen molar-refractivity contribution >= 4 is 17.9 Å². The van der Waals surface area contributed by atoms with Crippen LogP contribution in [0.5, 0.6) is 0 Å². The first kappa shape index (κ1) is 13.3. The largest absolute Gasteiger partial charge is 0.378 e. The Morgan fingerprint density at radius 2 is 2.37 bits per heavy atom. The van der Waals surface area contributed by atoms with E-state index in [0.29, 0.717) is 28.8 Å². The second kappa shape index (κ2) is 5.65. The van der Waals surface area contributed by atoms with Crippen molar-refractivity contribution in [1.29, 1.82) is 5.26 Å². The quantitative estimate of drug-likeness (QED) is 0.803. The number of benzene rings is 1. The average molecular weight is 276 g/mol. The fourth-order valence-electron chi connectivity index (χ4n) is 1.69. The predicted molar refractivity (Wildman–Crippen MR) is 69.4 cm³/mol. The van der Waals surface area contributed by atoms with Crippen LogP contribution >= 0.6 is 11.6 Å². The minimum atomic E-state index is 0.193. The highest BCUT2D eigenvalue weighted by Crippen LogP contribution is 2.23. The van der Waals surface area contributed by atoms with Gasteiger partial charge in [0.15, 0.2) is 6.29 Å². The van der Waals surface area contributed by atoms with Gasteiger partial charge in [-0.3, -0.25) is 4.79 Å². The van der Waals surface area contributed by atoms with Gasteiger partial charge in [-0.15, -0.1) is 0 Å². The number of aromatic nitrogens is 2. The van der Waals surface area contributed by atoms with E-state index in [4.69, 9.17) is 21.6 Å². The molecule has 5 nitrogen and oxygen atoms in total. The minimum absolute atomic E-state index is 0.193. The topological polar surface area (TPSA) is 67.9 Å². The van der Waals surface area contributed by atoms with E-state index in [1.807, 2.05) is 6.07 Å². The first-order chi connectivity index (χ1) is 9.21. The zero-order valence-electron chi connectivity index (χ0n) is 10.1. The third kappa shape index (κ3) is 2.50. The summed E-state index contributed by atoms with van der Waals surface area (Å²) in [6.45, 7) is 0.193. The first-order valence-corrected chi connectivity index (χ1v) is 5.81. The van der Waals surface area contributed by atoms with Crippen molar-refractivity contribution in [1.82, 2.24) is 9.78 Å². The van der Waals surface area contributed by atoms with Gasteiger partial charge >= 0.3 is 0 Å². The van der Waals surface area contributed by atoms with Crippen molar-refractivity contribution in [3.63, 3.8) is 0 Å². The number of carbonyl (C=O) groups excluding carboxylic acids is 1. The van der Waals surface area contributed by atoms with E-state index in [2.05, 4.69) is 5.10 Å². The van der Waals surface area contributed by atoms with Crippen LogP contribution in [0.2, 0.25) is 5.15 Å². The smallest absolute Gasteiger partial charge is 0.155 e. The fourth-order valence-corrected chi connectivity index (χ4v) is 1.98. The fraction of sp³-hybridized carbons (Fsp3) is 0.154. The maximum atomic E-state index is 11.0. The second-order valence-electron chi connectivity index (χ2n) is 3.78. The lowest BCUT2D eigenvalue weighted by molar-refractivity contribution is 0.111. The van der Waals surface area contributed by atoms with Crippen molar-refractivity contribution < 1.29 is 9.53 Å². The molecule has 0 aliphatic heterocycles. The molecule has 0 bridgehead atoms. The first-order valence-electron chi connectivity index (χ1n) is 5.43. The molecule has 19 heavy (non-hydrogen) atoms. The number of nitriles is 1. The van der Waals surface area contributed by atoms with E-state index in [9.17, 15) is 4.79 Å². The van der Waals surface area contributed by atoms with Crippen LogP contribution in [0, 0.1) is 11.3 Å². The zero-order valence-corrected chi connectivity index (χ0v) is 10.9. The van der Waals surface area contributed by atoms with Gasteiger partial charge in [-0.25, -0.2) is 4.68 Å². The van der Waals surface area contributed by atoms with Crippen LogP contribution in [0.4, 0.5) is 0 Å². The molecule has 0 aliphatic carbocycles. The van der Waals surface area contributed by atoms with Gasteiger partial charge in [-0.1, -0.05) is 17.7 Å². The van der Waals surface area contributed by atoms with E-state index in [1.165, 1.54) is 11.8 Å². The van der Waals surface area contributed by atoms with E-state index in [-0.39, 0.29) is 11.8 Å². The SMILES string of the molecule is COCc1nn(-c2cccc(C#N)c2)c(Cl)c1C=O. The molecule has 2 rings (SSSR count). The molecule has 96 valence electrons. The van der Waals surface area contributed by atoms with Gasteiger partial charge in [0.2, 0.25) is 0 Å². The van der Waals surface area contributed by atoms with Gasteiger partial charge in [0.05, 0.1) is 29.5 Å². The van der Waals surface area contributed by atoms with Crippen LogP contribution < -0.4 is 0 Å². The summed E-state index contributed by atoms with van der Waals surface area (Å²) >= 11 is 6.13. The summed E-state index contributed by atoms with van der Waals surface area (Å²) in [5, 5.41) is 13.3. The lowest BCUT2D eigenvalue weighted by Crippen LogP contribution is -1.98. The molecule has 0 saturated heterocycles. The molecule has 0 unspecified atom stereocenters. The molecular formula is C13H10ClN3O2. The molecule has 0 radical (unpaired) electrons. The lowest BCUT2D eigenvalue weighted by Gasteiger charge is -2.02. The van der Waals surface area contributed by atoms with E-state index in [1.54, 1.807) is 24.3 Å². The minimum Gasteiger partial charge on any atom is -0.378 e. The third-order valence-electron chi connectivity index (χ3n) is 2.56. The Labute approximate surface area is 115 Å². The zero-order chi connectivity index (χ0) is 13.8. The van der Waals surface area contributed by atoms with E-state index >= 15 is 0 Å². The number of methoxy groups -OCH3 is 1.